The molecule has 0 saturated heterocycles. The molecule has 1 aromatic carbocycles. The maximum Gasteiger partial charge on any atom is 0.301 e. The van der Waals surface area contributed by atoms with Crippen LogP contribution in [0.15, 0.2) is 33.5 Å². The molecule has 0 aliphatic rings. The zero-order valence-corrected chi connectivity index (χ0v) is 12.2. The van der Waals surface area contributed by atoms with Crippen LogP contribution in [0.1, 0.15) is 0 Å². The van der Waals surface area contributed by atoms with E-state index in [2.05, 4.69) is 37.0 Å². The second kappa shape index (κ2) is 5.05. The molecule has 19 heavy (non-hydrogen) atoms. The number of rotatable bonds is 3. The SMILES string of the molecule is O=[N+]([O-])c1ccc(-n2cc(Br)c(Br)n2)c([N+](=O)[O-])c1. The first kappa shape index (κ1) is 13.6. The number of benzene rings is 1. The third kappa shape index (κ3) is 2.63. The van der Waals surface area contributed by atoms with Gasteiger partial charge >= 0.3 is 5.69 Å². The molecule has 0 atom stereocenters. The lowest BCUT2D eigenvalue weighted by Crippen LogP contribution is -2.01. The molecule has 10 heteroatoms. The fourth-order valence-electron chi connectivity index (χ4n) is 1.42. The first-order valence-corrected chi connectivity index (χ1v) is 6.32. The van der Waals surface area contributed by atoms with Crippen LogP contribution >= 0.6 is 31.9 Å². The summed E-state index contributed by atoms with van der Waals surface area (Å²) in [6, 6.07) is 3.37. The van der Waals surface area contributed by atoms with Gasteiger partial charge in [0.25, 0.3) is 5.69 Å². The number of aromatic nitrogens is 2. The molecule has 0 amide bonds. The third-order valence-electron chi connectivity index (χ3n) is 2.24. The van der Waals surface area contributed by atoms with Gasteiger partial charge in [-0.1, -0.05) is 0 Å². The van der Waals surface area contributed by atoms with E-state index in [1.54, 1.807) is 0 Å². The van der Waals surface area contributed by atoms with E-state index in [9.17, 15) is 20.2 Å². The minimum Gasteiger partial charge on any atom is -0.258 e. The molecule has 0 N–H and O–H groups in total. The van der Waals surface area contributed by atoms with Crippen LogP contribution in [0.3, 0.4) is 0 Å². The van der Waals surface area contributed by atoms with Crippen LogP contribution in [0, 0.1) is 20.2 Å². The van der Waals surface area contributed by atoms with Gasteiger partial charge in [-0.3, -0.25) is 20.2 Å². The van der Waals surface area contributed by atoms with Gasteiger partial charge in [-0.25, -0.2) is 4.68 Å². The molecule has 0 aliphatic carbocycles. The molecule has 2 aromatic rings. The lowest BCUT2D eigenvalue weighted by Gasteiger charge is -2.02. The van der Waals surface area contributed by atoms with E-state index >= 15 is 0 Å². The number of nitro groups is 2. The van der Waals surface area contributed by atoms with Gasteiger partial charge < -0.3 is 0 Å². The third-order valence-corrected chi connectivity index (χ3v) is 3.94. The fourth-order valence-corrected chi connectivity index (χ4v) is 1.97. The average molecular weight is 392 g/mol. The molecule has 0 spiro atoms. The molecule has 0 saturated carbocycles. The Kier molecular flexibility index (Phi) is 3.62. The van der Waals surface area contributed by atoms with Crippen LogP contribution in [0.4, 0.5) is 11.4 Å². The van der Waals surface area contributed by atoms with E-state index in [-0.39, 0.29) is 11.4 Å². The number of halogens is 2. The average Bonchev–Trinajstić information content (AvgIpc) is 2.68. The molecule has 1 heterocycles. The van der Waals surface area contributed by atoms with Crippen LogP contribution in [0.25, 0.3) is 5.69 Å². The monoisotopic (exact) mass is 390 g/mol. The maximum absolute atomic E-state index is 11.0. The van der Waals surface area contributed by atoms with Crippen molar-refractivity contribution in [3.63, 3.8) is 0 Å². The fraction of sp³-hybridized carbons (Fsp3) is 0. The minimum atomic E-state index is -0.689. The summed E-state index contributed by atoms with van der Waals surface area (Å²) in [6.07, 6.45) is 1.51. The highest BCUT2D eigenvalue weighted by molar-refractivity contribution is 9.13. The Morgan fingerprint density at radius 3 is 2.32 bits per heavy atom. The Morgan fingerprint density at radius 1 is 1.16 bits per heavy atom. The van der Waals surface area contributed by atoms with Crippen LogP contribution in [-0.4, -0.2) is 19.6 Å². The van der Waals surface area contributed by atoms with E-state index in [1.807, 2.05) is 0 Å². The molecule has 0 fully saturated rings. The van der Waals surface area contributed by atoms with Crippen molar-refractivity contribution in [3.05, 3.63) is 53.7 Å². The summed E-state index contributed by atoms with van der Waals surface area (Å²) >= 11 is 6.36. The summed E-state index contributed by atoms with van der Waals surface area (Å²) in [6.45, 7) is 0. The van der Waals surface area contributed by atoms with Crippen molar-refractivity contribution in [2.75, 3.05) is 0 Å². The number of non-ortho nitro benzene ring substituents is 1. The largest absolute Gasteiger partial charge is 0.301 e. The molecule has 0 radical (unpaired) electrons. The van der Waals surface area contributed by atoms with Crippen molar-refractivity contribution in [2.24, 2.45) is 0 Å². The van der Waals surface area contributed by atoms with Crippen molar-refractivity contribution < 1.29 is 9.85 Å². The van der Waals surface area contributed by atoms with Gasteiger partial charge in [0.2, 0.25) is 0 Å². The van der Waals surface area contributed by atoms with Crippen molar-refractivity contribution in [2.45, 2.75) is 0 Å². The zero-order valence-electron chi connectivity index (χ0n) is 8.99. The molecule has 98 valence electrons. The molecule has 2 rings (SSSR count). The lowest BCUT2D eigenvalue weighted by molar-refractivity contribution is -0.394. The molecular formula is C9H4Br2N4O4. The van der Waals surface area contributed by atoms with E-state index in [4.69, 9.17) is 0 Å². The predicted molar refractivity (Wildman–Crippen MR) is 72.3 cm³/mol. The Balaban J connectivity index is 2.63. The van der Waals surface area contributed by atoms with Crippen molar-refractivity contribution in [1.82, 2.24) is 9.78 Å². The molecule has 0 aliphatic heterocycles. The predicted octanol–water partition coefficient (Wildman–Crippen LogP) is 3.21. The highest BCUT2D eigenvalue weighted by Crippen LogP contribution is 2.30. The smallest absolute Gasteiger partial charge is 0.258 e. The number of nitrogens with zero attached hydrogens (tertiary/aromatic N) is 4. The summed E-state index contributed by atoms with van der Waals surface area (Å²) in [4.78, 5) is 20.2. The molecule has 0 bridgehead atoms. The zero-order chi connectivity index (χ0) is 14.2. The standard InChI is InChI=1S/C9H4Br2N4O4/c10-6-4-13(12-9(6)11)7-2-1-5(14(16)17)3-8(7)15(18)19/h1-4H. The van der Waals surface area contributed by atoms with Crippen molar-refractivity contribution in [1.29, 1.82) is 0 Å². The van der Waals surface area contributed by atoms with Gasteiger partial charge in [0, 0.05) is 12.3 Å². The van der Waals surface area contributed by atoms with Gasteiger partial charge in [-0.15, -0.1) is 0 Å². The quantitative estimate of drug-likeness (QED) is 0.590. The number of nitro benzene ring substituents is 2. The van der Waals surface area contributed by atoms with E-state index in [0.29, 0.717) is 9.08 Å². The topological polar surface area (TPSA) is 104 Å². The normalized spacial score (nSPS) is 10.4. The van der Waals surface area contributed by atoms with Crippen LogP contribution in [0.5, 0.6) is 0 Å². The van der Waals surface area contributed by atoms with Crippen LogP contribution < -0.4 is 0 Å². The Hall–Kier alpha value is -1.81. The minimum absolute atomic E-state index is 0.141. The number of hydrogen-bond donors (Lipinski definition) is 0. The van der Waals surface area contributed by atoms with Gasteiger partial charge in [0.15, 0.2) is 0 Å². The summed E-state index contributed by atoms with van der Waals surface area (Å²) in [5, 5.41) is 25.6. The Labute approximate surface area is 122 Å². The van der Waals surface area contributed by atoms with Crippen molar-refractivity contribution >= 4 is 43.2 Å². The molecule has 1 aromatic heterocycles. The highest BCUT2D eigenvalue weighted by atomic mass is 79.9. The summed E-state index contributed by atoms with van der Waals surface area (Å²) < 4.78 is 2.34. The molecule has 8 nitrogen and oxygen atoms in total. The first-order valence-electron chi connectivity index (χ1n) is 4.74. The van der Waals surface area contributed by atoms with Gasteiger partial charge in [0.1, 0.15) is 10.3 Å². The van der Waals surface area contributed by atoms with Crippen molar-refractivity contribution in [3.8, 4) is 5.69 Å². The Bertz CT molecular complexity index is 665. The summed E-state index contributed by atoms with van der Waals surface area (Å²) in [5.41, 5.74) is -0.598. The summed E-state index contributed by atoms with van der Waals surface area (Å²) in [7, 11) is 0. The summed E-state index contributed by atoms with van der Waals surface area (Å²) in [5.74, 6) is 0. The van der Waals surface area contributed by atoms with Gasteiger partial charge in [0.05, 0.1) is 20.4 Å². The van der Waals surface area contributed by atoms with E-state index in [1.165, 1.54) is 23.0 Å². The van der Waals surface area contributed by atoms with Crippen LogP contribution in [-0.2, 0) is 0 Å². The lowest BCUT2D eigenvalue weighted by atomic mass is 10.2. The highest BCUT2D eigenvalue weighted by Gasteiger charge is 2.21. The van der Waals surface area contributed by atoms with E-state index < -0.39 is 15.5 Å². The first-order chi connectivity index (χ1) is 8.90. The maximum atomic E-state index is 11.0. The molecular weight excluding hydrogens is 388 g/mol. The second-order valence-electron chi connectivity index (χ2n) is 3.40. The number of hydrogen-bond acceptors (Lipinski definition) is 5. The Morgan fingerprint density at radius 2 is 1.84 bits per heavy atom. The van der Waals surface area contributed by atoms with Gasteiger partial charge in [-0.05, 0) is 37.9 Å². The van der Waals surface area contributed by atoms with Crippen LogP contribution in [0.2, 0.25) is 0 Å². The molecule has 0 unspecified atom stereocenters. The second-order valence-corrected chi connectivity index (χ2v) is 5.01. The van der Waals surface area contributed by atoms with Gasteiger partial charge in [-0.2, -0.15) is 5.10 Å². The van der Waals surface area contributed by atoms with E-state index in [0.717, 1.165) is 6.07 Å².